The molecule has 8 heteroatoms. The minimum Gasteiger partial charge on any atom is -0.480 e. The van der Waals surface area contributed by atoms with Gasteiger partial charge in [0.05, 0.1) is 0 Å². The molecule has 30 heavy (non-hydrogen) atoms. The van der Waals surface area contributed by atoms with E-state index in [9.17, 15) is 14.7 Å². The van der Waals surface area contributed by atoms with Crippen molar-refractivity contribution in [3.8, 4) is 0 Å². The molecule has 1 aliphatic heterocycles. The van der Waals surface area contributed by atoms with Gasteiger partial charge in [-0.15, -0.1) is 11.3 Å². The molecule has 1 aromatic heterocycles. The van der Waals surface area contributed by atoms with Crippen LogP contribution in [0.3, 0.4) is 0 Å². The first kappa shape index (κ1) is 21.6. The molecule has 3 fully saturated rings. The Morgan fingerprint density at radius 3 is 2.27 bits per heavy atom. The Kier molecular flexibility index (Phi) is 7.25. The predicted molar refractivity (Wildman–Crippen MR) is 118 cm³/mol. The van der Waals surface area contributed by atoms with Crippen LogP contribution in [0, 0.1) is 0 Å². The molecule has 4 rings (SSSR count). The highest BCUT2D eigenvalue weighted by molar-refractivity contribution is 7.15. The zero-order valence-corrected chi connectivity index (χ0v) is 18.5. The van der Waals surface area contributed by atoms with E-state index in [-0.39, 0.29) is 6.03 Å². The molecule has 2 heterocycles. The fraction of sp³-hybridized carbons (Fsp3) is 0.773. The second-order valence-electron chi connectivity index (χ2n) is 9.02. The summed E-state index contributed by atoms with van der Waals surface area (Å²) in [6.45, 7) is 1.38. The minimum absolute atomic E-state index is 0.000662. The van der Waals surface area contributed by atoms with Crippen molar-refractivity contribution in [2.45, 2.75) is 102 Å². The summed E-state index contributed by atoms with van der Waals surface area (Å²) in [4.78, 5) is 34.3. The van der Waals surface area contributed by atoms with Crippen molar-refractivity contribution < 1.29 is 14.7 Å². The van der Waals surface area contributed by atoms with Gasteiger partial charge >= 0.3 is 12.0 Å². The van der Waals surface area contributed by atoms with Crippen LogP contribution in [0.2, 0.25) is 0 Å². The van der Waals surface area contributed by atoms with E-state index in [0.29, 0.717) is 30.2 Å². The Bertz CT molecular complexity index is 710. The number of carboxylic acids is 1. The number of carbonyl (C=O) groups excluding carboxylic acids is 1. The van der Waals surface area contributed by atoms with E-state index in [1.807, 2.05) is 4.90 Å². The molecule has 3 aliphatic rings. The van der Waals surface area contributed by atoms with Crippen molar-refractivity contribution in [1.82, 2.24) is 14.8 Å². The van der Waals surface area contributed by atoms with Crippen LogP contribution in [-0.4, -0.2) is 56.6 Å². The topological polar surface area (TPSA) is 85.8 Å². The summed E-state index contributed by atoms with van der Waals surface area (Å²) < 4.78 is 0. The number of urea groups is 1. The number of anilines is 1. The van der Waals surface area contributed by atoms with Gasteiger partial charge in [0.25, 0.3) is 0 Å². The number of amides is 2. The number of aromatic nitrogens is 1. The molecule has 2 amide bonds. The van der Waals surface area contributed by atoms with E-state index < -0.39 is 12.0 Å². The Morgan fingerprint density at radius 1 is 1.03 bits per heavy atom. The van der Waals surface area contributed by atoms with Crippen molar-refractivity contribution in [3.05, 3.63) is 11.1 Å². The summed E-state index contributed by atoms with van der Waals surface area (Å²) in [5, 5.41) is 13.1. The van der Waals surface area contributed by atoms with Crippen LogP contribution < -0.4 is 5.32 Å². The van der Waals surface area contributed by atoms with Gasteiger partial charge < -0.3 is 10.0 Å². The Balaban J connectivity index is 1.40. The lowest BCUT2D eigenvalue weighted by atomic mass is 9.89. The van der Waals surface area contributed by atoms with Crippen LogP contribution in [-0.2, 0) is 11.3 Å². The number of carboxylic acid groups (broad SMARTS) is 1. The standard InChI is InChI=1S/C22H34N4O3S/c27-20(28)19-12-7-13-25(19)15-18-14-23-21(30-18)24-22(29)26(16-8-3-1-4-9-16)17-10-5-2-6-11-17/h14,16-17,19H,1-13,15H2,(H,27,28)(H,23,24,29). The normalized spacial score (nSPS) is 24.1. The van der Waals surface area contributed by atoms with Gasteiger partial charge in [-0.1, -0.05) is 38.5 Å². The Hall–Kier alpha value is -1.67. The Labute approximate surface area is 182 Å². The number of aliphatic carboxylic acids is 1. The summed E-state index contributed by atoms with van der Waals surface area (Å²) in [6.07, 6.45) is 15.2. The monoisotopic (exact) mass is 434 g/mol. The largest absolute Gasteiger partial charge is 0.480 e. The van der Waals surface area contributed by atoms with Gasteiger partial charge in [-0.05, 0) is 45.1 Å². The molecule has 2 saturated carbocycles. The number of hydrogen-bond donors (Lipinski definition) is 2. The first-order valence-electron chi connectivity index (χ1n) is 11.6. The lowest BCUT2D eigenvalue weighted by Crippen LogP contribution is -2.50. The van der Waals surface area contributed by atoms with Crippen LogP contribution in [0.25, 0.3) is 0 Å². The fourth-order valence-corrected chi connectivity index (χ4v) is 6.27. The van der Waals surface area contributed by atoms with E-state index >= 15 is 0 Å². The molecule has 1 atom stereocenters. The number of carbonyl (C=O) groups is 2. The Morgan fingerprint density at radius 2 is 1.67 bits per heavy atom. The van der Waals surface area contributed by atoms with Gasteiger partial charge in [0.1, 0.15) is 6.04 Å². The number of nitrogens with zero attached hydrogens (tertiary/aromatic N) is 3. The van der Waals surface area contributed by atoms with E-state index in [4.69, 9.17) is 0 Å². The zero-order valence-electron chi connectivity index (χ0n) is 17.7. The van der Waals surface area contributed by atoms with E-state index in [2.05, 4.69) is 15.2 Å². The SMILES string of the molecule is O=C(O)C1CCCN1Cc1cnc(NC(=O)N(C2CCCCC2)C2CCCCC2)s1. The van der Waals surface area contributed by atoms with Crippen LogP contribution in [0.4, 0.5) is 9.93 Å². The quantitative estimate of drug-likeness (QED) is 0.678. The third kappa shape index (κ3) is 5.14. The van der Waals surface area contributed by atoms with E-state index in [0.717, 1.165) is 43.5 Å². The molecule has 0 radical (unpaired) electrons. The summed E-state index contributed by atoms with van der Waals surface area (Å²) in [6, 6.07) is 0.293. The molecule has 2 aliphatic carbocycles. The zero-order chi connectivity index (χ0) is 20.9. The second kappa shape index (κ2) is 10.1. The molecule has 0 bridgehead atoms. The number of nitrogens with one attached hydrogen (secondary N) is 1. The number of likely N-dealkylation sites (tertiary alicyclic amines) is 1. The number of rotatable bonds is 6. The van der Waals surface area contributed by atoms with Gasteiger partial charge in [-0.2, -0.15) is 0 Å². The van der Waals surface area contributed by atoms with Crippen molar-refractivity contribution in [2.24, 2.45) is 0 Å². The summed E-state index contributed by atoms with van der Waals surface area (Å²) in [5.74, 6) is -0.749. The van der Waals surface area contributed by atoms with Crippen molar-refractivity contribution in [2.75, 3.05) is 11.9 Å². The van der Waals surface area contributed by atoms with Crippen LogP contribution in [0.5, 0.6) is 0 Å². The smallest absolute Gasteiger partial charge is 0.324 e. The number of hydrogen-bond acceptors (Lipinski definition) is 5. The lowest BCUT2D eigenvalue weighted by molar-refractivity contribution is -0.142. The van der Waals surface area contributed by atoms with Crippen molar-refractivity contribution >= 4 is 28.5 Å². The van der Waals surface area contributed by atoms with Gasteiger partial charge in [0, 0.05) is 29.7 Å². The maximum atomic E-state index is 13.3. The van der Waals surface area contributed by atoms with Crippen molar-refractivity contribution in [1.29, 1.82) is 0 Å². The molecule has 2 N–H and O–H groups in total. The lowest BCUT2D eigenvalue weighted by Gasteiger charge is -2.41. The third-order valence-corrected chi connectivity index (χ3v) is 7.84. The molecule has 7 nitrogen and oxygen atoms in total. The number of thiazole rings is 1. The van der Waals surface area contributed by atoms with Crippen LogP contribution in [0.1, 0.15) is 81.9 Å². The summed E-state index contributed by atoms with van der Waals surface area (Å²) in [7, 11) is 0. The molecular weight excluding hydrogens is 400 g/mol. The fourth-order valence-electron chi connectivity index (χ4n) is 5.44. The van der Waals surface area contributed by atoms with Gasteiger partial charge in [-0.25, -0.2) is 9.78 Å². The third-order valence-electron chi connectivity index (χ3n) is 6.95. The minimum atomic E-state index is -0.749. The van der Waals surface area contributed by atoms with Gasteiger partial charge in [-0.3, -0.25) is 15.0 Å². The molecule has 1 saturated heterocycles. The molecule has 0 spiro atoms. The molecule has 1 aromatic rings. The maximum Gasteiger partial charge on any atom is 0.324 e. The first-order chi connectivity index (χ1) is 14.6. The summed E-state index contributed by atoms with van der Waals surface area (Å²) >= 11 is 1.47. The van der Waals surface area contributed by atoms with Crippen molar-refractivity contribution in [3.63, 3.8) is 0 Å². The second-order valence-corrected chi connectivity index (χ2v) is 10.1. The predicted octanol–water partition coefficient (Wildman–Crippen LogP) is 4.69. The average molecular weight is 435 g/mol. The molecule has 166 valence electrons. The van der Waals surface area contributed by atoms with Crippen LogP contribution >= 0.6 is 11.3 Å². The highest BCUT2D eigenvalue weighted by Gasteiger charge is 2.33. The highest BCUT2D eigenvalue weighted by Crippen LogP contribution is 2.31. The molecular formula is C22H34N4O3S. The highest BCUT2D eigenvalue weighted by atomic mass is 32.1. The average Bonchev–Trinajstić information content (AvgIpc) is 3.40. The van der Waals surface area contributed by atoms with Crippen LogP contribution in [0.15, 0.2) is 6.20 Å². The summed E-state index contributed by atoms with van der Waals surface area (Å²) in [5.41, 5.74) is 0. The van der Waals surface area contributed by atoms with Gasteiger partial charge in [0.2, 0.25) is 0 Å². The van der Waals surface area contributed by atoms with E-state index in [1.54, 1.807) is 6.20 Å². The van der Waals surface area contributed by atoms with Gasteiger partial charge in [0.15, 0.2) is 5.13 Å². The molecule has 0 aromatic carbocycles. The molecule has 1 unspecified atom stereocenters. The van der Waals surface area contributed by atoms with E-state index in [1.165, 1.54) is 49.9 Å². The first-order valence-corrected chi connectivity index (χ1v) is 12.4. The maximum absolute atomic E-state index is 13.3.